The molecule has 1 saturated heterocycles. The first-order valence-electron chi connectivity index (χ1n) is 10.5. The Morgan fingerprint density at radius 2 is 1.87 bits per heavy atom. The molecule has 3 aromatic rings. The minimum atomic E-state index is -0.245. The van der Waals surface area contributed by atoms with E-state index in [-0.39, 0.29) is 11.7 Å². The topological polar surface area (TPSA) is 45.7 Å². The van der Waals surface area contributed by atoms with E-state index >= 15 is 0 Å². The standard InChI is InChI=1S/C23H26FN3O2S/c1-2-3-4-15-29-19-8-5-17(6-9-19)22(28)26-11-13-27(14-12-26)23-25-20-10-7-18(24)16-21(20)30-23/h5-10,16H,2-4,11-15H2,1H3. The Labute approximate surface area is 180 Å². The van der Waals surface area contributed by atoms with Crippen molar-refractivity contribution < 1.29 is 13.9 Å². The summed E-state index contributed by atoms with van der Waals surface area (Å²) in [7, 11) is 0. The smallest absolute Gasteiger partial charge is 0.253 e. The predicted octanol–water partition coefficient (Wildman–Crippen LogP) is 4.97. The molecule has 1 aliphatic rings. The van der Waals surface area contributed by atoms with Crippen LogP contribution in [0.25, 0.3) is 10.2 Å². The molecule has 5 nitrogen and oxygen atoms in total. The van der Waals surface area contributed by atoms with Crippen molar-refractivity contribution in [1.29, 1.82) is 0 Å². The van der Waals surface area contributed by atoms with E-state index in [4.69, 9.17) is 4.74 Å². The van der Waals surface area contributed by atoms with Gasteiger partial charge in [0.1, 0.15) is 11.6 Å². The fourth-order valence-electron chi connectivity index (χ4n) is 3.54. The van der Waals surface area contributed by atoms with E-state index in [1.807, 2.05) is 29.2 Å². The van der Waals surface area contributed by atoms with Crippen LogP contribution in [0, 0.1) is 5.82 Å². The zero-order valence-electron chi connectivity index (χ0n) is 17.1. The summed E-state index contributed by atoms with van der Waals surface area (Å²) in [5.41, 5.74) is 1.49. The van der Waals surface area contributed by atoms with Gasteiger partial charge in [-0.15, -0.1) is 0 Å². The number of halogens is 1. The lowest BCUT2D eigenvalue weighted by atomic mass is 10.1. The van der Waals surface area contributed by atoms with Gasteiger partial charge in [-0.1, -0.05) is 31.1 Å². The van der Waals surface area contributed by atoms with E-state index in [0.717, 1.165) is 33.9 Å². The van der Waals surface area contributed by atoms with Gasteiger partial charge in [0.2, 0.25) is 0 Å². The van der Waals surface area contributed by atoms with E-state index in [2.05, 4.69) is 16.8 Å². The zero-order chi connectivity index (χ0) is 20.9. The van der Waals surface area contributed by atoms with Crippen LogP contribution in [-0.4, -0.2) is 48.6 Å². The predicted molar refractivity (Wildman–Crippen MR) is 119 cm³/mol. The molecule has 0 spiro atoms. The molecule has 0 unspecified atom stereocenters. The maximum absolute atomic E-state index is 13.4. The van der Waals surface area contributed by atoms with Crippen molar-refractivity contribution in [2.45, 2.75) is 26.2 Å². The van der Waals surface area contributed by atoms with Gasteiger partial charge in [0.05, 0.1) is 16.8 Å². The number of carbonyl (C=O) groups is 1. The molecular weight excluding hydrogens is 401 g/mol. The summed E-state index contributed by atoms with van der Waals surface area (Å²) < 4.78 is 20.0. The Bertz CT molecular complexity index is 997. The Hall–Kier alpha value is -2.67. The minimum absolute atomic E-state index is 0.0403. The van der Waals surface area contributed by atoms with Crippen LogP contribution < -0.4 is 9.64 Å². The highest BCUT2D eigenvalue weighted by Crippen LogP contribution is 2.30. The lowest BCUT2D eigenvalue weighted by Gasteiger charge is -2.34. The molecule has 2 aromatic carbocycles. The Kier molecular flexibility index (Phi) is 6.47. The number of anilines is 1. The third kappa shape index (κ3) is 4.73. The summed E-state index contributed by atoms with van der Waals surface area (Å²) >= 11 is 1.49. The fourth-order valence-corrected chi connectivity index (χ4v) is 4.58. The molecule has 30 heavy (non-hydrogen) atoms. The van der Waals surface area contributed by atoms with Gasteiger partial charge < -0.3 is 14.5 Å². The first-order chi connectivity index (χ1) is 14.6. The second-order valence-corrected chi connectivity index (χ2v) is 8.48. The van der Waals surface area contributed by atoms with Crippen molar-refractivity contribution in [2.24, 2.45) is 0 Å². The number of hydrogen-bond donors (Lipinski definition) is 0. The van der Waals surface area contributed by atoms with Gasteiger partial charge >= 0.3 is 0 Å². The largest absolute Gasteiger partial charge is 0.494 e. The van der Waals surface area contributed by atoms with Gasteiger partial charge in [0.15, 0.2) is 5.13 Å². The average Bonchev–Trinajstić information content (AvgIpc) is 3.20. The van der Waals surface area contributed by atoms with Gasteiger partial charge in [-0.3, -0.25) is 4.79 Å². The van der Waals surface area contributed by atoms with Crippen molar-refractivity contribution in [3.8, 4) is 5.75 Å². The first kappa shape index (κ1) is 20.6. The molecule has 1 aliphatic heterocycles. The monoisotopic (exact) mass is 427 g/mol. The number of unbranched alkanes of at least 4 members (excludes halogenated alkanes) is 2. The third-order valence-electron chi connectivity index (χ3n) is 5.29. The van der Waals surface area contributed by atoms with E-state index in [0.29, 0.717) is 38.3 Å². The van der Waals surface area contributed by atoms with Crippen molar-refractivity contribution in [1.82, 2.24) is 9.88 Å². The maximum atomic E-state index is 13.4. The van der Waals surface area contributed by atoms with Crippen LogP contribution >= 0.6 is 11.3 Å². The number of amides is 1. The molecule has 158 valence electrons. The molecule has 0 saturated carbocycles. The van der Waals surface area contributed by atoms with Gasteiger partial charge in [0.25, 0.3) is 5.91 Å². The highest BCUT2D eigenvalue weighted by Gasteiger charge is 2.24. The number of ether oxygens (including phenoxy) is 1. The number of hydrogen-bond acceptors (Lipinski definition) is 5. The van der Waals surface area contributed by atoms with E-state index in [9.17, 15) is 9.18 Å². The summed E-state index contributed by atoms with van der Waals surface area (Å²) in [5.74, 6) is 0.601. The fraction of sp³-hybridized carbons (Fsp3) is 0.391. The van der Waals surface area contributed by atoms with Crippen LogP contribution in [-0.2, 0) is 0 Å². The Balaban J connectivity index is 1.32. The van der Waals surface area contributed by atoms with E-state index in [1.54, 1.807) is 6.07 Å². The third-order valence-corrected chi connectivity index (χ3v) is 6.37. The van der Waals surface area contributed by atoms with Crippen LogP contribution in [0.4, 0.5) is 9.52 Å². The number of carbonyl (C=O) groups excluding carboxylic acids is 1. The van der Waals surface area contributed by atoms with Crippen molar-refractivity contribution >= 4 is 32.6 Å². The number of aromatic nitrogens is 1. The highest BCUT2D eigenvalue weighted by molar-refractivity contribution is 7.22. The SMILES string of the molecule is CCCCCOc1ccc(C(=O)N2CCN(c3nc4ccc(F)cc4s3)CC2)cc1. The summed E-state index contributed by atoms with van der Waals surface area (Å²) in [6.45, 7) is 5.58. The number of piperazine rings is 1. The average molecular weight is 428 g/mol. The highest BCUT2D eigenvalue weighted by atomic mass is 32.1. The zero-order valence-corrected chi connectivity index (χ0v) is 18.0. The number of nitrogens with zero attached hydrogens (tertiary/aromatic N) is 3. The molecule has 1 amide bonds. The Morgan fingerprint density at radius 1 is 1.10 bits per heavy atom. The van der Waals surface area contributed by atoms with Crippen molar-refractivity contribution in [2.75, 3.05) is 37.7 Å². The van der Waals surface area contributed by atoms with Gasteiger partial charge in [-0.05, 0) is 48.9 Å². The van der Waals surface area contributed by atoms with E-state index in [1.165, 1.54) is 29.9 Å². The van der Waals surface area contributed by atoms with Gasteiger partial charge in [-0.2, -0.15) is 0 Å². The molecule has 2 heterocycles. The Morgan fingerprint density at radius 3 is 2.60 bits per heavy atom. The van der Waals surface area contributed by atoms with Crippen LogP contribution in [0.5, 0.6) is 5.75 Å². The van der Waals surface area contributed by atoms with Crippen LogP contribution in [0.3, 0.4) is 0 Å². The quantitative estimate of drug-likeness (QED) is 0.500. The molecule has 0 atom stereocenters. The summed E-state index contributed by atoms with van der Waals surface area (Å²) in [6.07, 6.45) is 3.38. The summed E-state index contributed by atoms with van der Waals surface area (Å²) in [5, 5.41) is 0.882. The second-order valence-electron chi connectivity index (χ2n) is 7.47. The molecule has 4 rings (SSSR count). The van der Waals surface area contributed by atoms with Crippen LogP contribution in [0.1, 0.15) is 36.5 Å². The molecule has 1 aromatic heterocycles. The van der Waals surface area contributed by atoms with Crippen LogP contribution in [0.2, 0.25) is 0 Å². The maximum Gasteiger partial charge on any atom is 0.253 e. The van der Waals surface area contributed by atoms with Gasteiger partial charge in [0, 0.05) is 31.7 Å². The number of benzene rings is 2. The second kappa shape index (κ2) is 9.43. The number of rotatable bonds is 7. The lowest BCUT2D eigenvalue weighted by Crippen LogP contribution is -2.48. The molecular formula is C23H26FN3O2S. The molecule has 0 radical (unpaired) electrons. The molecule has 7 heteroatoms. The number of fused-ring (bicyclic) bond motifs is 1. The first-order valence-corrected chi connectivity index (χ1v) is 11.3. The summed E-state index contributed by atoms with van der Waals surface area (Å²) in [4.78, 5) is 21.5. The van der Waals surface area contributed by atoms with Gasteiger partial charge in [-0.25, -0.2) is 9.37 Å². The molecule has 1 fully saturated rings. The normalized spacial score (nSPS) is 14.3. The minimum Gasteiger partial charge on any atom is -0.494 e. The molecule has 0 bridgehead atoms. The van der Waals surface area contributed by atoms with Crippen molar-refractivity contribution in [3.63, 3.8) is 0 Å². The molecule has 0 aliphatic carbocycles. The lowest BCUT2D eigenvalue weighted by molar-refractivity contribution is 0.0746. The summed E-state index contributed by atoms with van der Waals surface area (Å²) in [6, 6.07) is 12.1. The van der Waals surface area contributed by atoms with Crippen molar-refractivity contribution in [3.05, 3.63) is 53.8 Å². The van der Waals surface area contributed by atoms with E-state index < -0.39 is 0 Å². The molecule has 0 N–H and O–H groups in total. The van der Waals surface area contributed by atoms with Crippen LogP contribution in [0.15, 0.2) is 42.5 Å². The number of thiazole rings is 1.